The van der Waals surface area contributed by atoms with Crippen LogP contribution in [0, 0.1) is 5.82 Å². The third-order valence-corrected chi connectivity index (χ3v) is 4.09. The Hall–Kier alpha value is -0.650. The molecular formula is C14H17BrClFN2O. The molecule has 1 aromatic carbocycles. The van der Waals surface area contributed by atoms with E-state index in [-0.39, 0.29) is 10.9 Å². The summed E-state index contributed by atoms with van der Waals surface area (Å²) in [5.74, 6) is -0.574. The summed E-state index contributed by atoms with van der Waals surface area (Å²) < 4.78 is 13.1. The second-order valence-corrected chi connectivity index (χ2v) is 6.01. The average molecular weight is 364 g/mol. The van der Waals surface area contributed by atoms with Gasteiger partial charge in [0.05, 0.1) is 5.02 Å². The Morgan fingerprint density at radius 2 is 2.10 bits per heavy atom. The van der Waals surface area contributed by atoms with Crippen molar-refractivity contribution in [3.63, 3.8) is 0 Å². The maximum atomic E-state index is 13.1. The van der Waals surface area contributed by atoms with Gasteiger partial charge in [0.1, 0.15) is 5.82 Å². The molecule has 1 aliphatic rings. The zero-order valence-corrected chi connectivity index (χ0v) is 13.5. The number of rotatable bonds is 3. The van der Waals surface area contributed by atoms with Gasteiger partial charge in [-0.1, -0.05) is 27.5 Å². The second kappa shape index (κ2) is 7.38. The number of alkyl halides is 1. The number of hydrogen-bond acceptors (Lipinski definition) is 2. The molecule has 0 unspecified atom stereocenters. The summed E-state index contributed by atoms with van der Waals surface area (Å²) in [6, 6.07) is 4.13. The molecule has 0 radical (unpaired) electrons. The molecule has 1 amide bonds. The smallest absolute Gasteiger partial charge is 0.253 e. The highest BCUT2D eigenvalue weighted by Crippen LogP contribution is 2.18. The van der Waals surface area contributed by atoms with E-state index in [0.29, 0.717) is 12.1 Å². The molecule has 0 aromatic heterocycles. The Kier molecular flexibility index (Phi) is 5.81. The largest absolute Gasteiger partial charge is 0.337 e. The third kappa shape index (κ3) is 3.93. The molecule has 0 atom stereocenters. The maximum Gasteiger partial charge on any atom is 0.253 e. The Labute approximate surface area is 131 Å². The minimum absolute atomic E-state index is 0.00779. The first-order valence-electron chi connectivity index (χ1n) is 6.64. The predicted octanol–water partition coefficient (Wildman–Crippen LogP) is 3.02. The van der Waals surface area contributed by atoms with Crippen molar-refractivity contribution in [2.45, 2.75) is 6.42 Å². The Balaban J connectivity index is 2.03. The number of benzene rings is 1. The van der Waals surface area contributed by atoms with Crippen molar-refractivity contribution in [2.24, 2.45) is 0 Å². The molecule has 1 fully saturated rings. The fourth-order valence-electron chi connectivity index (χ4n) is 2.33. The molecule has 0 aliphatic carbocycles. The molecule has 1 saturated heterocycles. The average Bonchev–Trinajstić information content (AvgIpc) is 2.67. The lowest BCUT2D eigenvalue weighted by Gasteiger charge is -2.21. The Morgan fingerprint density at radius 3 is 2.80 bits per heavy atom. The van der Waals surface area contributed by atoms with Crippen molar-refractivity contribution in [1.82, 2.24) is 9.80 Å². The SMILES string of the molecule is O=C(c1ccc(F)c(Cl)c1)N1CCCN(CCBr)CC1. The Morgan fingerprint density at radius 1 is 1.30 bits per heavy atom. The lowest BCUT2D eigenvalue weighted by molar-refractivity contribution is 0.0762. The minimum Gasteiger partial charge on any atom is -0.337 e. The van der Waals surface area contributed by atoms with Gasteiger partial charge in [-0.2, -0.15) is 0 Å². The number of carbonyl (C=O) groups excluding carboxylic acids is 1. The zero-order valence-electron chi connectivity index (χ0n) is 11.1. The van der Waals surface area contributed by atoms with Crippen LogP contribution < -0.4 is 0 Å². The van der Waals surface area contributed by atoms with Crippen molar-refractivity contribution < 1.29 is 9.18 Å². The standard InChI is InChI=1S/C14H17BrClFN2O/c15-4-7-18-5-1-6-19(9-8-18)14(20)11-2-3-13(17)12(16)10-11/h2-3,10H,1,4-9H2. The van der Waals surface area contributed by atoms with E-state index in [0.717, 1.165) is 37.9 Å². The van der Waals surface area contributed by atoms with E-state index in [2.05, 4.69) is 20.8 Å². The van der Waals surface area contributed by atoms with Gasteiger partial charge in [0, 0.05) is 37.1 Å². The topological polar surface area (TPSA) is 23.6 Å². The first-order valence-corrected chi connectivity index (χ1v) is 8.14. The van der Waals surface area contributed by atoms with Crippen LogP contribution in [0.4, 0.5) is 4.39 Å². The molecule has 110 valence electrons. The van der Waals surface area contributed by atoms with Crippen LogP contribution in [0.15, 0.2) is 18.2 Å². The molecule has 1 heterocycles. The molecule has 3 nitrogen and oxygen atoms in total. The summed E-state index contributed by atoms with van der Waals surface area (Å²) in [6.45, 7) is 4.28. The number of nitrogens with zero attached hydrogens (tertiary/aromatic N) is 2. The van der Waals surface area contributed by atoms with Crippen LogP contribution in [0.2, 0.25) is 5.02 Å². The van der Waals surface area contributed by atoms with Gasteiger partial charge in [-0.25, -0.2) is 4.39 Å². The van der Waals surface area contributed by atoms with Gasteiger partial charge < -0.3 is 9.80 Å². The molecule has 0 N–H and O–H groups in total. The highest BCUT2D eigenvalue weighted by atomic mass is 79.9. The van der Waals surface area contributed by atoms with Gasteiger partial charge in [0.2, 0.25) is 0 Å². The second-order valence-electron chi connectivity index (χ2n) is 4.81. The summed E-state index contributed by atoms with van der Waals surface area (Å²) in [6.07, 6.45) is 0.952. The van der Waals surface area contributed by atoms with E-state index in [1.807, 2.05) is 4.90 Å². The monoisotopic (exact) mass is 362 g/mol. The van der Waals surface area contributed by atoms with E-state index in [9.17, 15) is 9.18 Å². The van der Waals surface area contributed by atoms with Crippen LogP contribution in [-0.4, -0.2) is 53.8 Å². The van der Waals surface area contributed by atoms with Crippen molar-refractivity contribution in [2.75, 3.05) is 38.1 Å². The number of halogens is 3. The number of carbonyl (C=O) groups is 1. The number of amides is 1. The zero-order chi connectivity index (χ0) is 14.5. The van der Waals surface area contributed by atoms with E-state index in [1.54, 1.807) is 0 Å². The highest BCUT2D eigenvalue weighted by molar-refractivity contribution is 9.09. The first kappa shape index (κ1) is 15.7. The Bertz CT molecular complexity index is 486. The van der Waals surface area contributed by atoms with E-state index >= 15 is 0 Å². The summed E-state index contributed by atoms with van der Waals surface area (Å²) >= 11 is 9.17. The molecule has 0 bridgehead atoms. The van der Waals surface area contributed by atoms with Crippen LogP contribution in [0.25, 0.3) is 0 Å². The van der Waals surface area contributed by atoms with Gasteiger partial charge in [-0.3, -0.25) is 4.79 Å². The molecule has 1 aliphatic heterocycles. The summed E-state index contributed by atoms with van der Waals surface area (Å²) in [5.41, 5.74) is 0.449. The molecule has 6 heteroatoms. The lowest BCUT2D eigenvalue weighted by atomic mass is 10.2. The van der Waals surface area contributed by atoms with Crippen LogP contribution in [0.3, 0.4) is 0 Å². The summed E-state index contributed by atoms with van der Waals surface area (Å²) in [5, 5.41) is 0.931. The normalized spacial score (nSPS) is 17.1. The van der Waals surface area contributed by atoms with Gasteiger partial charge in [0.15, 0.2) is 0 Å². The fraction of sp³-hybridized carbons (Fsp3) is 0.500. The van der Waals surface area contributed by atoms with E-state index < -0.39 is 5.82 Å². The van der Waals surface area contributed by atoms with Crippen molar-refractivity contribution in [1.29, 1.82) is 0 Å². The van der Waals surface area contributed by atoms with Crippen LogP contribution in [-0.2, 0) is 0 Å². The van der Waals surface area contributed by atoms with Gasteiger partial charge in [0.25, 0.3) is 5.91 Å². The van der Waals surface area contributed by atoms with Crippen molar-refractivity contribution in [3.05, 3.63) is 34.6 Å². The molecular weight excluding hydrogens is 347 g/mol. The summed E-state index contributed by atoms with van der Waals surface area (Å²) in [4.78, 5) is 16.5. The van der Waals surface area contributed by atoms with Crippen molar-refractivity contribution in [3.8, 4) is 0 Å². The van der Waals surface area contributed by atoms with Gasteiger partial charge in [-0.15, -0.1) is 0 Å². The van der Waals surface area contributed by atoms with E-state index in [1.165, 1.54) is 18.2 Å². The lowest BCUT2D eigenvalue weighted by Crippen LogP contribution is -2.35. The van der Waals surface area contributed by atoms with E-state index in [4.69, 9.17) is 11.6 Å². The van der Waals surface area contributed by atoms with Crippen LogP contribution in [0.5, 0.6) is 0 Å². The third-order valence-electron chi connectivity index (χ3n) is 3.44. The molecule has 2 rings (SSSR count). The predicted molar refractivity (Wildman–Crippen MR) is 82.2 cm³/mol. The quantitative estimate of drug-likeness (QED) is 0.771. The van der Waals surface area contributed by atoms with Gasteiger partial charge in [-0.05, 0) is 31.2 Å². The summed E-state index contributed by atoms with van der Waals surface area (Å²) in [7, 11) is 0. The van der Waals surface area contributed by atoms with Crippen LogP contribution >= 0.6 is 27.5 Å². The molecule has 0 saturated carbocycles. The van der Waals surface area contributed by atoms with Gasteiger partial charge >= 0.3 is 0 Å². The highest BCUT2D eigenvalue weighted by Gasteiger charge is 2.20. The maximum absolute atomic E-state index is 13.1. The molecule has 20 heavy (non-hydrogen) atoms. The molecule has 1 aromatic rings. The first-order chi connectivity index (χ1) is 9.61. The molecule has 0 spiro atoms. The number of hydrogen-bond donors (Lipinski definition) is 0. The van der Waals surface area contributed by atoms with Crippen molar-refractivity contribution >= 4 is 33.4 Å². The van der Waals surface area contributed by atoms with Crippen LogP contribution in [0.1, 0.15) is 16.8 Å². The fourth-order valence-corrected chi connectivity index (χ4v) is 3.01. The minimum atomic E-state index is -0.498.